The van der Waals surface area contributed by atoms with E-state index >= 15 is 0 Å². The largest absolute Gasteiger partial charge is 1.00 e. The second kappa shape index (κ2) is 9.57. The first-order valence-corrected chi connectivity index (χ1v) is 7.89. The SMILES string of the molecule is CCC(C)CCCC(C)C[N+]1(C)CCCCC1.[I-]. The number of hydrogen-bond acceptors (Lipinski definition) is 0. The quantitative estimate of drug-likeness (QED) is 0.472. The van der Waals surface area contributed by atoms with Crippen molar-refractivity contribution >= 4 is 0 Å². The van der Waals surface area contributed by atoms with E-state index in [-0.39, 0.29) is 24.0 Å². The van der Waals surface area contributed by atoms with Gasteiger partial charge in [0.1, 0.15) is 0 Å². The molecule has 110 valence electrons. The maximum Gasteiger partial charge on any atom is 0.0810 e. The van der Waals surface area contributed by atoms with Crippen molar-refractivity contribution in [2.45, 2.75) is 65.7 Å². The Morgan fingerprint density at radius 2 is 1.50 bits per heavy atom. The smallest absolute Gasteiger partial charge is 0.0810 e. The lowest BCUT2D eigenvalue weighted by Gasteiger charge is -2.39. The topological polar surface area (TPSA) is 0 Å². The molecule has 0 aromatic carbocycles. The van der Waals surface area contributed by atoms with Crippen LogP contribution in [0.2, 0.25) is 0 Å². The van der Waals surface area contributed by atoms with E-state index in [1.165, 1.54) is 69.1 Å². The molecule has 0 aromatic heterocycles. The van der Waals surface area contributed by atoms with Gasteiger partial charge in [-0.1, -0.05) is 40.0 Å². The molecular weight excluding hydrogens is 333 g/mol. The highest BCUT2D eigenvalue weighted by molar-refractivity contribution is 4.59. The number of hydrogen-bond donors (Lipinski definition) is 0. The van der Waals surface area contributed by atoms with Crippen LogP contribution in [0.3, 0.4) is 0 Å². The van der Waals surface area contributed by atoms with Crippen molar-refractivity contribution in [3.63, 3.8) is 0 Å². The van der Waals surface area contributed by atoms with E-state index in [4.69, 9.17) is 0 Å². The van der Waals surface area contributed by atoms with E-state index in [1.807, 2.05) is 0 Å². The van der Waals surface area contributed by atoms with Gasteiger partial charge in [-0.25, -0.2) is 0 Å². The molecular formula is C16H34IN. The summed E-state index contributed by atoms with van der Waals surface area (Å²) in [5.74, 6) is 1.85. The molecule has 0 aromatic rings. The standard InChI is InChI=1S/C16H34N.HI/c1-5-15(2)10-9-11-16(3)14-17(4)12-7-6-8-13-17;/h15-16H,5-14H2,1-4H3;1H/q+1;/p-1. The Morgan fingerprint density at radius 1 is 0.944 bits per heavy atom. The zero-order chi connectivity index (χ0) is 12.7. The number of rotatable bonds is 7. The van der Waals surface area contributed by atoms with Gasteiger partial charge >= 0.3 is 0 Å². The number of piperidine rings is 1. The molecule has 0 radical (unpaired) electrons. The summed E-state index contributed by atoms with van der Waals surface area (Å²) in [5.41, 5.74) is 0. The molecule has 2 unspecified atom stereocenters. The molecule has 0 amide bonds. The van der Waals surface area contributed by atoms with Crippen LogP contribution in [0.4, 0.5) is 0 Å². The van der Waals surface area contributed by atoms with Crippen molar-refractivity contribution in [1.82, 2.24) is 0 Å². The fraction of sp³-hybridized carbons (Fsp3) is 1.00. The summed E-state index contributed by atoms with van der Waals surface area (Å²) in [6, 6.07) is 0. The fourth-order valence-corrected chi connectivity index (χ4v) is 3.32. The summed E-state index contributed by atoms with van der Waals surface area (Å²) in [5, 5.41) is 0. The zero-order valence-electron chi connectivity index (χ0n) is 13.1. The molecule has 1 nitrogen and oxygen atoms in total. The lowest BCUT2D eigenvalue weighted by atomic mass is 9.95. The third-order valence-electron chi connectivity index (χ3n) is 4.74. The Balaban J connectivity index is 0.00000289. The predicted octanol–water partition coefficient (Wildman–Crippen LogP) is 1.47. The molecule has 0 bridgehead atoms. The van der Waals surface area contributed by atoms with Crippen LogP contribution >= 0.6 is 0 Å². The summed E-state index contributed by atoms with van der Waals surface area (Å²) in [6.07, 6.45) is 10.0. The molecule has 0 aliphatic carbocycles. The van der Waals surface area contributed by atoms with Gasteiger partial charge in [-0.15, -0.1) is 0 Å². The van der Waals surface area contributed by atoms with Crippen molar-refractivity contribution in [2.24, 2.45) is 11.8 Å². The zero-order valence-corrected chi connectivity index (χ0v) is 15.2. The molecule has 1 heterocycles. The summed E-state index contributed by atoms with van der Waals surface area (Å²) in [4.78, 5) is 0. The normalized spacial score (nSPS) is 22.0. The first kappa shape index (κ1) is 18.7. The van der Waals surface area contributed by atoms with Gasteiger partial charge in [-0.3, -0.25) is 0 Å². The van der Waals surface area contributed by atoms with Crippen molar-refractivity contribution < 1.29 is 28.5 Å². The van der Waals surface area contributed by atoms with Gasteiger partial charge in [0.15, 0.2) is 0 Å². The molecule has 1 saturated heterocycles. The summed E-state index contributed by atoms with van der Waals surface area (Å²) in [7, 11) is 2.48. The van der Waals surface area contributed by atoms with Crippen LogP contribution in [-0.2, 0) is 0 Å². The monoisotopic (exact) mass is 367 g/mol. The Kier molecular flexibility index (Phi) is 9.94. The third-order valence-corrected chi connectivity index (χ3v) is 4.74. The van der Waals surface area contributed by atoms with Gasteiger partial charge in [0, 0.05) is 5.92 Å². The summed E-state index contributed by atoms with van der Waals surface area (Å²) >= 11 is 0. The maximum absolute atomic E-state index is 2.48. The number of nitrogens with zero attached hydrogens (tertiary/aromatic N) is 1. The van der Waals surface area contributed by atoms with Crippen LogP contribution in [0.5, 0.6) is 0 Å². The van der Waals surface area contributed by atoms with Gasteiger partial charge in [0.25, 0.3) is 0 Å². The van der Waals surface area contributed by atoms with E-state index in [0.717, 1.165) is 11.8 Å². The van der Waals surface area contributed by atoms with Crippen LogP contribution in [0.1, 0.15) is 65.7 Å². The van der Waals surface area contributed by atoms with Crippen LogP contribution in [0, 0.1) is 11.8 Å². The molecule has 2 heteroatoms. The Morgan fingerprint density at radius 3 is 2.06 bits per heavy atom. The summed E-state index contributed by atoms with van der Waals surface area (Å²) in [6.45, 7) is 11.4. The van der Waals surface area contributed by atoms with Gasteiger partial charge in [0.05, 0.1) is 26.7 Å². The predicted molar refractivity (Wildman–Crippen MR) is 77.1 cm³/mol. The van der Waals surface area contributed by atoms with E-state index in [0.29, 0.717) is 0 Å². The van der Waals surface area contributed by atoms with Crippen molar-refractivity contribution in [3.05, 3.63) is 0 Å². The summed E-state index contributed by atoms with van der Waals surface area (Å²) < 4.78 is 1.35. The highest BCUT2D eigenvalue weighted by atomic mass is 127. The average molecular weight is 367 g/mol. The maximum atomic E-state index is 2.48. The van der Waals surface area contributed by atoms with Crippen LogP contribution in [0.25, 0.3) is 0 Å². The lowest BCUT2D eigenvalue weighted by molar-refractivity contribution is -0.917. The molecule has 0 saturated carbocycles. The average Bonchev–Trinajstić information content (AvgIpc) is 2.29. The number of halogens is 1. The number of likely N-dealkylation sites (tertiary alicyclic amines) is 1. The molecule has 1 aliphatic rings. The Hall–Kier alpha value is 0.690. The second-order valence-electron chi connectivity index (χ2n) is 6.86. The minimum Gasteiger partial charge on any atom is -1.00 e. The molecule has 2 atom stereocenters. The highest BCUT2D eigenvalue weighted by Crippen LogP contribution is 2.21. The first-order valence-electron chi connectivity index (χ1n) is 7.89. The molecule has 1 fully saturated rings. The van der Waals surface area contributed by atoms with Crippen molar-refractivity contribution in [1.29, 1.82) is 0 Å². The minimum atomic E-state index is 0. The molecule has 0 N–H and O–H groups in total. The van der Waals surface area contributed by atoms with Crippen molar-refractivity contribution in [3.8, 4) is 0 Å². The Bertz CT molecular complexity index is 199. The van der Waals surface area contributed by atoms with Gasteiger partial charge in [-0.05, 0) is 31.6 Å². The van der Waals surface area contributed by atoms with Crippen LogP contribution < -0.4 is 24.0 Å². The van der Waals surface area contributed by atoms with Crippen LogP contribution in [0.15, 0.2) is 0 Å². The molecule has 0 spiro atoms. The van der Waals surface area contributed by atoms with Gasteiger partial charge < -0.3 is 28.5 Å². The molecule has 18 heavy (non-hydrogen) atoms. The first-order chi connectivity index (χ1) is 8.06. The van der Waals surface area contributed by atoms with E-state index < -0.39 is 0 Å². The number of quaternary nitrogens is 1. The Labute approximate surface area is 132 Å². The van der Waals surface area contributed by atoms with E-state index in [1.54, 1.807) is 0 Å². The fourth-order valence-electron chi connectivity index (χ4n) is 3.32. The van der Waals surface area contributed by atoms with Gasteiger partial charge in [0.2, 0.25) is 0 Å². The lowest BCUT2D eigenvalue weighted by Crippen LogP contribution is -3.00. The molecule has 1 aliphatic heterocycles. The van der Waals surface area contributed by atoms with Crippen molar-refractivity contribution in [2.75, 3.05) is 26.7 Å². The van der Waals surface area contributed by atoms with E-state index in [2.05, 4.69) is 27.8 Å². The minimum absolute atomic E-state index is 0. The van der Waals surface area contributed by atoms with Gasteiger partial charge in [-0.2, -0.15) is 0 Å². The highest BCUT2D eigenvalue weighted by Gasteiger charge is 2.26. The van der Waals surface area contributed by atoms with Crippen LogP contribution in [-0.4, -0.2) is 31.2 Å². The second-order valence-corrected chi connectivity index (χ2v) is 6.86. The van der Waals surface area contributed by atoms with E-state index in [9.17, 15) is 0 Å². The third kappa shape index (κ3) is 7.32. The molecule has 1 rings (SSSR count).